The van der Waals surface area contributed by atoms with Crippen molar-refractivity contribution in [2.45, 2.75) is 277 Å². The highest BCUT2D eigenvalue weighted by Crippen LogP contribution is 2.15. The fourth-order valence-electron chi connectivity index (χ4n) is 7.31. The van der Waals surface area contributed by atoms with Crippen LogP contribution >= 0.6 is 0 Å². The number of hydrogen-bond acceptors (Lipinski definition) is 6. The molecule has 0 aliphatic heterocycles. The van der Waals surface area contributed by atoms with Crippen molar-refractivity contribution in [2.24, 2.45) is 0 Å². The molecule has 1 atom stereocenters. The van der Waals surface area contributed by atoms with Crippen molar-refractivity contribution in [1.82, 2.24) is 0 Å². The van der Waals surface area contributed by atoms with Crippen molar-refractivity contribution >= 4 is 17.9 Å². The summed E-state index contributed by atoms with van der Waals surface area (Å²) in [5, 5.41) is 0. The van der Waals surface area contributed by atoms with E-state index in [0.717, 1.165) is 70.6 Å². The van der Waals surface area contributed by atoms with Gasteiger partial charge in [-0.2, -0.15) is 0 Å². The molecule has 0 heterocycles. The molecule has 0 aromatic heterocycles. The topological polar surface area (TPSA) is 78.9 Å². The van der Waals surface area contributed by atoms with E-state index < -0.39 is 6.10 Å². The Morgan fingerprint density at radius 3 is 0.879 bits per heavy atom. The Kier molecular flexibility index (Phi) is 45.8. The normalized spacial score (nSPS) is 12.1. The smallest absolute Gasteiger partial charge is 0.306 e. The highest BCUT2D eigenvalue weighted by Gasteiger charge is 2.19. The van der Waals surface area contributed by atoms with Crippen LogP contribution in [0.2, 0.25) is 0 Å². The van der Waals surface area contributed by atoms with Crippen LogP contribution in [0.4, 0.5) is 0 Å². The van der Waals surface area contributed by atoms with Crippen LogP contribution in [0.5, 0.6) is 0 Å². The first-order valence-corrected chi connectivity index (χ1v) is 25.3. The molecule has 0 aromatic carbocycles. The maximum Gasteiger partial charge on any atom is 0.306 e. The van der Waals surface area contributed by atoms with Gasteiger partial charge >= 0.3 is 17.9 Å². The van der Waals surface area contributed by atoms with Gasteiger partial charge in [-0.05, 0) is 70.6 Å². The minimum absolute atomic E-state index is 0.0757. The van der Waals surface area contributed by atoms with E-state index in [1.54, 1.807) is 0 Å². The number of esters is 3. The predicted octanol–water partition coefficient (Wildman–Crippen LogP) is 16.4. The third kappa shape index (κ3) is 45.0. The van der Waals surface area contributed by atoms with Gasteiger partial charge in [0.05, 0.1) is 0 Å². The molecule has 0 N–H and O–H groups in total. The summed E-state index contributed by atoms with van der Waals surface area (Å²) in [4.78, 5) is 37.8. The maximum atomic E-state index is 12.7. The number of carbonyl (C=O) groups is 3. The van der Waals surface area contributed by atoms with Crippen LogP contribution in [0.15, 0.2) is 24.3 Å². The molecule has 6 heteroatoms. The number of ether oxygens (including phenoxy) is 3. The van der Waals surface area contributed by atoms with Gasteiger partial charge in [-0.25, -0.2) is 0 Å². The summed E-state index contributed by atoms with van der Waals surface area (Å²) >= 11 is 0. The molecule has 0 radical (unpaired) electrons. The molecule has 0 rings (SSSR count). The molecule has 0 saturated heterocycles. The van der Waals surface area contributed by atoms with Crippen molar-refractivity contribution in [3.63, 3.8) is 0 Å². The van der Waals surface area contributed by atoms with Gasteiger partial charge in [-0.1, -0.05) is 206 Å². The fraction of sp³-hybridized carbons (Fsp3) is 0.865. The van der Waals surface area contributed by atoms with Gasteiger partial charge in [0.25, 0.3) is 0 Å². The Balaban J connectivity index is 4.32. The summed E-state index contributed by atoms with van der Waals surface area (Å²) < 4.78 is 16.7. The quantitative estimate of drug-likeness (QED) is 0.0263. The van der Waals surface area contributed by atoms with Gasteiger partial charge < -0.3 is 14.2 Å². The van der Waals surface area contributed by atoms with Crippen LogP contribution in [0.25, 0.3) is 0 Å². The summed E-state index contributed by atoms with van der Waals surface area (Å²) in [6, 6.07) is 0. The highest BCUT2D eigenvalue weighted by atomic mass is 16.6. The first kappa shape index (κ1) is 55.9. The van der Waals surface area contributed by atoms with Crippen LogP contribution < -0.4 is 0 Å². The SMILES string of the molecule is CCCCCCCC/C=C\CCCCCCCCCC(=O)OCC(COC(=O)CCCCCCCCCCC)OC(=O)CCCCC/C=C\CCCCCCCCC. The van der Waals surface area contributed by atoms with Crippen LogP contribution in [0.1, 0.15) is 271 Å². The largest absolute Gasteiger partial charge is 0.462 e. The van der Waals surface area contributed by atoms with Crippen molar-refractivity contribution in [1.29, 1.82) is 0 Å². The summed E-state index contributed by atoms with van der Waals surface area (Å²) in [5.74, 6) is -0.889. The predicted molar refractivity (Wildman–Crippen MR) is 247 cm³/mol. The van der Waals surface area contributed by atoms with E-state index in [9.17, 15) is 14.4 Å². The molecule has 0 spiro atoms. The molecule has 0 fully saturated rings. The van der Waals surface area contributed by atoms with Gasteiger partial charge in [-0.3, -0.25) is 14.4 Å². The standard InChI is InChI=1S/C52H96O6/c1-4-7-10-13-16-19-21-23-25-26-27-29-30-33-36-39-42-45-51(54)57-48-49(47-56-50(53)44-41-38-35-32-18-15-12-9-6-3)58-52(55)46-43-40-37-34-31-28-24-22-20-17-14-11-8-5-2/h23,25,28,31,49H,4-22,24,26-27,29-30,32-48H2,1-3H3/b25-23-,31-28-. The lowest BCUT2D eigenvalue weighted by Gasteiger charge is -2.18. The molecule has 6 nitrogen and oxygen atoms in total. The zero-order valence-corrected chi connectivity index (χ0v) is 38.8. The molecule has 0 aliphatic rings. The van der Waals surface area contributed by atoms with Crippen molar-refractivity contribution in [3.8, 4) is 0 Å². The van der Waals surface area contributed by atoms with Gasteiger partial charge in [0, 0.05) is 19.3 Å². The molecule has 0 aromatic rings. The molecule has 58 heavy (non-hydrogen) atoms. The zero-order valence-electron chi connectivity index (χ0n) is 38.8. The molecular weight excluding hydrogens is 721 g/mol. The minimum Gasteiger partial charge on any atom is -0.462 e. The second-order valence-corrected chi connectivity index (χ2v) is 17.1. The molecule has 0 saturated carbocycles. The Morgan fingerprint density at radius 2 is 0.569 bits per heavy atom. The Labute approximate surface area is 360 Å². The first-order valence-electron chi connectivity index (χ1n) is 25.3. The summed E-state index contributed by atoms with van der Waals surface area (Å²) in [7, 11) is 0. The van der Waals surface area contributed by atoms with Crippen LogP contribution in [0.3, 0.4) is 0 Å². The van der Waals surface area contributed by atoms with Gasteiger partial charge in [0.2, 0.25) is 0 Å². The molecule has 340 valence electrons. The minimum atomic E-state index is -0.775. The number of unbranched alkanes of at least 4 members (excludes halogenated alkanes) is 31. The Bertz CT molecular complexity index is 942. The summed E-state index contributed by atoms with van der Waals surface area (Å²) in [5.41, 5.74) is 0. The lowest BCUT2D eigenvalue weighted by Crippen LogP contribution is -2.30. The van der Waals surface area contributed by atoms with Crippen LogP contribution in [-0.2, 0) is 28.6 Å². The lowest BCUT2D eigenvalue weighted by molar-refractivity contribution is -0.167. The number of allylic oxidation sites excluding steroid dienone is 4. The van der Waals surface area contributed by atoms with Gasteiger partial charge in [0.1, 0.15) is 13.2 Å². The monoisotopic (exact) mass is 817 g/mol. The lowest BCUT2D eigenvalue weighted by atomic mass is 10.1. The first-order chi connectivity index (χ1) is 28.5. The Morgan fingerprint density at radius 1 is 0.328 bits per heavy atom. The second kappa shape index (κ2) is 47.6. The van der Waals surface area contributed by atoms with Crippen molar-refractivity contribution in [2.75, 3.05) is 13.2 Å². The van der Waals surface area contributed by atoms with E-state index in [1.165, 1.54) is 161 Å². The highest BCUT2D eigenvalue weighted by molar-refractivity contribution is 5.71. The number of hydrogen-bond donors (Lipinski definition) is 0. The summed E-state index contributed by atoms with van der Waals surface area (Å²) in [6.07, 6.45) is 53.1. The van der Waals surface area contributed by atoms with Crippen molar-refractivity contribution < 1.29 is 28.6 Å². The maximum absolute atomic E-state index is 12.7. The third-order valence-corrected chi connectivity index (χ3v) is 11.2. The fourth-order valence-corrected chi connectivity index (χ4v) is 7.31. The van der Waals surface area contributed by atoms with Gasteiger partial charge in [0.15, 0.2) is 6.10 Å². The van der Waals surface area contributed by atoms with Gasteiger partial charge in [-0.15, -0.1) is 0 Å². The molecular formula is C52H96O6. The number of carbonyl (C=O) groups excluding carboxylic acids is 3. The zero-order chi connectivity index (χ0) is 42.3. The van der Waals surface area contributed by atoms with E-state index in [4.69, 9.17) is 14.2 Å². The second-order valence-electron chi connectivity index (χ2n) is 17.1. The number of rotatable bonds is 46. The average Bonchev–Trinajstić information content (AvgIpc) is 3.22. The van der Waals surface area contributed by atoms with E-state index in [-0.39, 0.29) is 31.1 Å². The van der Waals surface area contributed by atoms with Crippen LogP contribution in [-0.4, -0.2) is 37.2 Å². The average molecular weight is 817 g/mol. The molecule has 1 unspecified atom stereocenters. The summed E-state index contributed by atoms with van der Waals surface area (Å²) in [6.45, 7) is 6.61. The van der Waals surface area contributed by atoms with E-state index in [0.29, 0.717) is 19.3 Å². The van der Waals surface area contributed by atoms with E-state index in [1.807, 2.05) is 0 Å². The molecule has 0 aliphatic carbocycles. The van der Waals surface area contributed by atoms with Crippen molar-refractivity contribution in [3.05, 3.63) is 24.3 Å². The molecule has 0 amide bonds. The van der Waals surface area contributed by atoms with E-state index >= 15 is 0 Å². The third-order valence-electron chi connectivity index (χ3n) is 11.2. The molecule has 0 bridgehead atoms. The Hall–Kier alpha value is -2.11. The van der Waals surface area contributed by atoms with E-state index in [2.05, 4.69) is 45.1 Å². The van der Waals surface area contributed by atoms with Crippen LogP contribution in [0, 0.1) is 0 Å².